The average Bonchev–Trinajstić information content (AvgIpc) is 2.71. The highest BCUT2D eigenvalue weighted by molar-refractivity contribution is 5.78. The molecular weight excluding hydrogens is 268 g/mol. The van der Waals surface area contributed by atoms with Gasteiger partial charge in [-0.05, 0) is 31.0 Å². The fourth-order valence-electron chi connectivity index (χ4n) is 2.42. The van der Waals surface area contributed by atoms with Gasteiger partial charge in [-0.15, -0.1) is 0 Å². The van der Waals surface area contributed by atoms with Crippen LogP contribution in [0.4, 0.5) is 0 Å². The van der Waals surface area contributed by atoms with Crippen LogP contribution in [0.25, 0.3) is 0 Å². The quantitative estimate of drug-likeness (QED) is 0.846. The first-order valence-electron chi connectivity index (χ1n) is 7.29. The Hall–Kier alpha value is -2.04. The molecule has 21 heavy (non-hydrogen) atoms. The first kappa shape index (κ1) is 15.4. The van der Waals surface area contributed by atoms with Gasteiger partial charge in [0.05, 0.1) is 0 Å². The van der Waals surface area contributed by atoms with Crippen LogP contribution in [-0.4, -0.2) is 54.4 Å². The molecular formula is C16H22N2O3. The van der Waals surface area contributed by atoms with Crippen molar-refractivity contribution in [2.24, 2.45) is 0 Å². The van der Waals surface area contributed by atoms with Crippen LogP contribution in [-0.2, 0) is 9.59 Å². The van der Waals surface area contributed by atoms with Gasteiger partial charge in [-0.25, -0.2) is 0 Å². The molecule has 0 atom stereocenters. The number of hydrogen-bond donors (Lipinski definition) is 0. The van der Waals surface area contributed by atoms with Crippen LogP contribution in [0.3, 0.4) is 0 Å². The molecule has 0 spiro atoms. The lowest BCUT2D eigenvalue weighted by atomic mass is 10.2. The molecule has 1 fully saturated rings. The van der Waals surface area contributed by atoms with Crippen molar-refractivity contribution in [1.29, 1.82) is 0 Å². The highest BCUT2D eigenvalue weighted by Gasteiger charge is 2.20. The Morgan fingerprint density at radius 1 is 1.14 bits per heavy atom. The van der Waals surface area contributed by atoms with Crippen molar-refractivity contribution in [1.82, 2.24) is 9.80 Å². The maximum Gasteiger partial charge on any atom is 0.260 e. The Bertz CT molecular complexity index is 516. The monoisotopic (exact) mass is 290 g/mol. The minimum atomic E-state index is -0.0260. The molecule has 0 unspecified atom stereocenters. The summed E-state index contributed by atoms with van der Waals surface area (Å²) in [5.74, 6) is 0.755. The number of hydrogen-bond acceptors (Lipinski definition) is 3. The van der Waals surface area contributed by atoms with E-state index in [1.54, 1.807) is 16.7 Å². The van der Waals surface area contributed by atoms with Gasteiger partial charge in [0.15, 0.2) is 6.61 Å². The van der Waals surface area contributed by atoms with Gasteiger partial charge in [0.2, 0.25) is 5.91 Å². The lowest BCUT2D eigenvalue weighted by Gasteiger charge is -2.21. The van der Waals surface area contributed by atoms with E-state index < -0.39 is 0 Å². The largest absolute Gasteiger partial charge is 0.484 e. The zero-order chi connectivity index (χ0) is 15.2. The molecule has 1 heterocycles. The molecule has 114 valence electrons. The number of benzene rings is 1. The summed E-state index contributed by atoms with van der Waals surface area (Å²) < 4.78 is 5.55. The Kier molecular flexibility index (Phi) is 5.20. The van der Waals surface area contributed by atoms with Gasteiger partial charge >= 0.3 is 0 Å². The fourth-order valence-corrected chi connectivity index (χ4v) is 2.42. The van der Waals surface area contributed by atoms with Crippen molar-refractivity contribution in [3.8, 4) is 5.75 Å². The molecule has 1 saturated heterocycles. The molecule has 1 aromatic rings. The lowest BCUT2D eigenvalue weighted by Crippen LogP contribution is -2.38. The van der Waals surface area contributed by atoms with Crippen molar-refractivity contribution in [3.05, 3.63) is 29.8 Å². The van der Waals surface area contributed by atoms with E-state index in [0.717, 1.165) is 18.5 Å². The zero-order valence-corrected chi connectivity index (χ0v) is 12.7. The van der Waals surface area contributed by atoms with E-state index in [1.165, 1.54) is 0 Å². The van der Waals surface area contributed by atoms with Crippen LogP contribution in [0.1, 0.15) is 18.9 Å². The molecule has 0 aliphatic carbocycles. The third kappa shape index (κ3) is 4.48. The maximum absolute atomic E-state index is 12.2. The Balaban J connectivity index is 1.84. The van der Waals surface area contributed by atoms with Crippen LogP contribution in [0, 0.1) is 6.92 Å². The summed E-state index contributed by atoms with van der Waals surface area (Å²) in [7, 11) is 0. The fraction of sp³-hybridized carbons (Fsp3) is 0.500. The number of ether oxygens (including phenoxy) is 1. The van der Waals surface area contributed by atoms with Crippen molar-refractivity contribution in [2.75, 3.05) is 32.8 Å². The summed E-state index contributed by atoms with van der Waals surface area (Å²) in [5, 5.41) is 0. The van der Waals surface area contributed by atoms with Crippen molar-refractivity contribution in [3.63, 3.8) is 0 Å². The Morgan fingerprint density at radius 2 is 1.86 bits per heavy atom. The first-order chi connectivity index (χ1) is 10.1. The van der Waals surface area contributed by atoms with Gasteiger partial charge in [-0.2, -0.15) is 0 Å². The summed E-state index contributed by atoms with van der Waals surface area (Å²) in [6.45, 7) is 6.18. The first-order valence-corrected chi connectivity index (χ1v) is 7.29. The predicted molar refractivity (Wildman–Crippen MR) is 80.1 cm³/mol. The molecule has 0 saturated carbocycles. The van der Waals surface area contributed by atoms with Crippen LogP contribution < -0.4 is 4.74 Å². The number of aryl methyl sites for hydroxylation is 1. The van der Waals surface area contributed by atoms with Gasteiger partial charge in [-0.3, -0.25) is 9.59 Å². The van der Waals surface area contributed by atoms with Gasteiger partial charge < -0.3 is 14.5 Å². The molecule has 1 aliphatic heterocycles. The number of amides is 2. The number of rotatable bonds is 3. The summed E-state index contributed by atoms with van der Waals surface area (Å²) in [6, 6.07) is 7.65. The third-order valence-corrected chi connectivity index (χ3v) is 3.65. The van der Waals surface area contributed by atoms with E-state index in [-0.39, 0.29) is 18.4 Å². The highest BCUT2D eigenvalue weighted by atomic mass is 16.5. The molecule has 0 bridgehead atoms. The topological polar surface area (TPSA) is 49.9 Å². The van der Waals surface area contributed by atoms with Crippen molar-refractivity contribution in [2.45, 2.75) is 20.3 Å². The average molecular weight is 290 g/mol. The van der Waals surface area contributed by atoms with Crippen LogP contribution >= 0.6 is 0 Å². The SMILES string of the molecule is CC(=O)N1CCCN(C(=O)COc2cccc(C)c2)CC1. The van der Waals surface area contributed by atoms with E-state index in [0.29, 0.717) is 25.4 Å². The molecule has 0 N–H and O–H groups in total. The van der Waals surface area contributed by atoms with Gasteiger partial charge in [0.25, 0.3) is 5.91 Å². The number of carbonyl (C=O) groups is 2. The summed E-state index contributed by atoms with van der Waals surface area (Å²) >= 11 is 0. The maximum atomic E-state index is 12.2. The highest BCUT2D eigenvalue weighted by Crippen LogP contribution is 2.12. The summed E-state index contributed by atoms with van der Waals surface area (Å²) in [5.41, 5.74) is 1.10. The number of nitrogens with zero attached hydrogens (tertiary/aromatic N) is 2. The normalized spacial score (nSPS) is 15.5. The van der Waals surface area contributed by atoms with Crippen molar-refractivity contribution < 1.29 is 14.3 Å². The minimum Gasteiger partial charge on any atom is -0.484 e. The second kappa shape index (κ2) is 7.11. The third-order valence-electron chi connectivity index (χ3n) is 3.65. The molecule has 2 rings (SSSR count). The van der Waals surface area contributed by atoms with Crippen LogP contribution in [0.5, 0.6) is 5.75 Å². The van der Waals surface area contributed by atoms with E-state index in [1.807, 2.05) is 31.2 Å². The van der Waals surface area contributed by atoms with Crippen molar-refractivity contribution >= 4 is 11.8 Å². The molecule has 2 amide bonds. The van der Waals surface area contributed by atoms with Gasteiger partial charge in [0.1, 0.15) is 5.75 Å². The summed E-state index contributed by atoms with van der Waals surface area (Å²) in [6.07, 6.45) is 0.815. The van der Waals surface area contributed by atoms with E-state index >= 15 is 0 Å². The molecule has 5 nitrogen and oxygen atoms in total. The second-order valence-electron chi connectivity index (χ2n) is 5.35. The second-order valence-corrected chi connectivity index (χ2v) is 5.35. The molecule has 1 aliphatic rings. The van der Waals surface area contributed by atoms with Gasteiger partial charge in [0, 0.05) is 33.1 Å². The predicted octanol–water partition coefficient (Wildman–Crippen LogP) is 1.45. The smallest absolute Gasteiger partial charge is 0.260 e. The standard InChI is InChI=1S/C16H22N2O3/c1-13-5-3-6-15(11-13)21-12-16(20)18-8-4-7-17(9-10-18)14(2)19/h3,5-6,11H,4,7-10,12H2,1-2H3. The molecule has 0 aromatic heterocycles. The van der Waals surface area contributed by atoms with Crippen LogP contribution in [0.2, 0.25) is 0 Å². The van der Waals surface area contributed by atoms with E-state index in [4.69, 9.17) is 4.74 Å². The molecule has 0 radical (unpaired) electrons. The molecule has 1 aromatic carbocycles. The van der Waals surface area contributed by atoms with Crippen LogP contribution in [0.15, 0.2) is 24.3 Å². The van der Waals surface area contributed by atoms with Gasteiger partial charge in [-0.1, -0.05) is 12.1 Å². The Labute approximate surface area is 125 Å². The lowest BCUT2D eigenvalue weighted by molar-refractivity contribution is -0.134. The zero-order valence-electron chi connectivity index (χ0n) is 12.7. The molecule has 5 heteroatoms. The number of carbonyl (C=O) groups excluding carboxylic acids is 2. The summed E-state index contributed by atoms with van der Waals surface area (Å²) in [4.78, 5) is 27.1. The van der Waals surface area contributed by atoms with E-state index in [9.17, 15) is 9.59 Å². The Morgan fingerprint density at radius 3 is 2.57 bits per heavy atom. The minimum absolute atomic E-state index is 0.0260. The van der Waals surface area contributed by atoms with E-state index in [2.05, 4.69) is 0 Å².